The van der Waals surface area contributed by atoms with Crippen molar-refractivity contribution in [1.29, 1.82) is 0 Å². The zero-order chi connectivity index (χ0) is 17.5. The third-order valence-electron chi connectivity index (χ3n) is 3.25. The number of carbonyl (C=O) groups excluding carboxylic acids is 1. The highest BCUT2D eigenvalue weighted by Crippen LogP contribution is 2.31. The van der Waals surface area contributed by atoms with Crippen molar-refractivity contribution < 1.29 is 24.2 Å². The predicted molar refractivity (Wildman–Crippen MR) is 89.1 cm³/mol. The first-order valence-electron chi connectivity index (χ1n) is 7.09. The standard InChI is InChI=1S/C18H17NO5/c1-23-15-10-6-9-13(16(15)24-2)11-14(18(21)22)19-17(20)12-7-4-3-5-8-12/h3-11H,1-2H3,(H,19,20)(H,21,22)/b14-11+. The maximum Gasteiger partial charge on any atom is 0.352 e. The molecule has 2 N–H and O–H groups in total. The van der Waals surface area contributed by atoms with Crippen molar-refractivity contribution in [3.8, 4) is 11.5 Å². The molecular weight excluding hydrogens is 310 g/mol. The molecule has 0 heterocycles. The Bertz CT molecular complexity index is 768. The molecule has 0 atom stereocenters. The van der Waals surface area contributed by atoms with Crippen LogP contribution in [0.15, 0.2) is 54.2 Å². The van der Waals surface area contributed by atoms with Crippen LogP contribution in [0.4, 0.5) is 0 Å². The van der Waals surface area contributed by atoms with Gasteiger partial charge in [-0.2, -0.15) is 0 Å². The van der Waals surface area contributed by atoms with E-state index in [0.29, 0.717) is 22.6 Å². The van der Waals surface area contributed by atoms with E-state index < -0.39 is 11.9 Å². The van der Waals surface area contributed by atoms with Crippen molar-refractivity contribution in [3.05, 3.63) is 65.4 Å². The summed E-state index contributed by atoms with van der Waals surface area (Å²) >= 11 is 0. The summed E-state index contributed by atoms with van der Waals surface area (Å²) in [6, 6.07) is 13.4. The van der Waals surface area contributed by atoms with Gasteiger partial charge >= 0.3 is 5.97 Å². The number of carbonyl (C=O) groups is 2. The molecule has 0 saturated carbocycles. The average molecular weight is 327 g/mol. The number of nitrogens with one attached hydrogen (secondary N) is 1. The van der Waals surface area contributed by atoms with Gasteiger partial charge < -0.3 is 19.9 Å². The van der Waals surface area contributed by atoms with Crippen LogP contribution < -0.4 is 14.8 Å². The molecule has 6 nitrogen and oxygen atoms in total. The van der Waals surface area contributed by atoms with Crippen molar-refractivity contribution in [1.82, 2.24) is 5.32 Å². The first-order chi connectivity index (χ1) is 11.6. The Balaban J connectivity index is 2.36. The molecule has 0 aliphatic rings. The summed E-state index contributed by atoms with van der Waals surface area (Å²) in [6.45, 7) is 0. The van der Waals surface area contributed by atoms with Gasteiger partial charge in [0.05, 0.1) is 14.2 Å². The number of carboxylic acid groups (broad SMARTS) is 1. The zero-order valence-electron chi connectivity index (χ0n) is 13.3. The summed E-state index contributed by atoms with van der Waals surface area (Å²) in [4.78, 5) is 23.6. The third-order valence-corrected chi connectivity index (χ3v) is 3.25. The summed E-state index contributed by atoms with van der Waals surface area (Å²) in [5.41, 5.74) is 0.570. The number of aliphatic carboxylic acids is 1. The van der Waals surface area contributed by atoms with Crippen LogP contribution in [0.3, 0.4) is 0 Å². The van der Waals surface area contributed by atoms with Gasteiger partial charge in [0.15, 0.2) is 11.5 Å². The van der Waals surface area contributed by atoms with Crippen molar-refractivity contribution >= 4 is 18.0 Å². The number of rotatable bonds is 6. The van der Waals surface area contributed by atoms with E-state index in [1.807, 2.05) is 0 Å². The highest BCUT2D eigenvalue weighted by atomic mass is 16.5. The molecule has 0 aromatic heterocycles. The first-order valence-corrected chi connectivity index (χ1v) is 7.09. The third kappa shape index (κ3) is 3.92. The molecule has 0 aliphatic carbocycles. The average Bonchev–Trinajstić information content (AvgIpc) is 2.61. The topological polar surface area (TPSA) is 84.9 Å². The van der Waals surface area contributed by atoms with Crippen LogP contribution in [0.5, 0.6) is 11.5 Å². The second kappa shape index (κ2) is 7.82. The number of benzene rings is 2. The Labute approximate surface area is 139 Å². The van der Waals surface area contributed by atoms with Gasteiger partial charge in [-0.3, -0.25) is 4.79 Å². The van der Waals surface area contributed by atoms with Crippen LogP contribution in [-0.2, 0) is 4.79 Å². The largest absolute Gasteiger partial charge is 0.493 e. The van der Waals surface area contributed by atoms with Gasteiger partial charge in [0.2, 0.25) is 0 Å². The molecule has 24 heavy (non-hydrogen) atoms. The molecule has 0 saturated heterocycles. The van der Waals surface area contributed by atoms with Crippen LogP contribution >= 0.6 is 0 Å². The van der Waals surface area contributed by atoms with E-state index in [1.54, 1.807) is 48.5 Å². The normalized spacial score (nSPS) is 10.8. The molecule has 2 aromatic carbocycles. The number of carboxylic acids is 1. The fourth-order valence-corrected chi connectivity index (χ4v) is 2.12. The van der Waals surface area contributed by atoms with E-state index >= 15 is 0 Å². The molecule has 0 radical (unpaired) electrons. The molecule has 1 amide bonds. The maximum atomic E-state index is 12.2. The van der Waals surface area contributed by atoms with Gasteiger partial charge in [0.1, 0.15) is 5.70 Å². The predicted octanol–water partition coefficient (Wildman–Crippen LogP) is 2.56. The highest BCUT2D eigenvalue weighted by molar-refractivity contribution is 6.02. The van der Waals surface area contributed by atoms with E-state index in [-0.39, 0.29) is 5.70 Å². The number of amides is 1. The molecule has 2 aromatic rings. The van der Waals surface area contributed by atoms with E-state index in [2.05, 4.69) is 5.32 Å². The Morgan fingerprint density at radius 1 is 1.00 bits per heavy atom. The van der Waals surface area contributed by atoms with Crippen LogP contribution in [-0.4, -0.2) is 31.2 Å². The number of hydrogen-bond donors (Lipinski definition) is 2. The van der Waals surface area contributed by atoms with Gasteiger partial charge in [-0.05, 0) is 24.3 Å². The number of ether oxygens (including phenoxy) is 2. The molecular formula is C18H17NO5. The van der Waals surface area contributed by atoms with E-state index in [9.17, 15) is 14.7 Å². The first kappa shape index (κ1) is 17.1. The molecule has 2 rings (SSSR count). The van der Waals surface area contributed by atoms with Gasteiger partial charge in [0.25, 0.3) is 5.91 Å². The van der Waals surface area contributed by atoms with Crippen LogP contribution in [0, 0.1) is 0 Å². The Kier molecular flexibility index (Phi) is 5.57. The van der Waals surface area contributed by atoms with Crippen LogP contribution in [0.1, 0.15) is 15.9 Å². The summed E-state index contributed by atoms with van der Waals surface area (Å²) in [5, 5.41) is 11.8. The number of methoxy groups -OCH3 is 2. The van der Waals surface area contributed by atoms with Crippen molar-refractivity contribution in [2.75, 3.05) is 14.2 Å². The molecule has 0 bridgehead atoms. The molecule has 0 spiro atoms. The molecule has 124 valence electrons. The summed E-state index contributed by atoms with van der Waals surface area (Å²) in [6.07, 6.45) is 1.32. The lowest BCUT2D eigenvalue weighted by Gasteiger charge is -2.11. The highest BCUT2D eigenvalue weighted by Gasteiger charge is 2.15. The Morgan fingerprint density at radius 2 is 1.71 bits per heavy atom. The quantitative estimate of drug-likeness (QED) is 0.797. The molecule has 0 aliphatic heterocycles. The van der Waals surface area contributed by atoms with E-state index in [0.717, 1.165) is 0 Å². The summed E-state index contributed by atoms with van der Waals surface area (Å²) in [7, 11) is 2.94. The van der Waals surface area contributed by atoms with Crippen molar-refractivity contribution in [3.63, 3.8) is 0 Å². The fourth-order valence-electron chi connectivity index (χ4n) is 2.12. The lowest BCUT2D eigenvalue weighted by molar-refractivity contribution is -0.132. The van der Waals surface area contributed by atoms with E-state index in [4.69, 9.17) is 9.47 Å². The van der Waals surface area contributed by atoms with Crippen LogP contribution in [0.25, 0.3) is 6.08 Å². The molecule has 0 unspecified atom stereocenters. The lowest BCUT2D eigenvalue weighted by Crippen LogP contribution is -2.27. The zero-order valence-corrected chi connectivity index (χ0v) is 13.3. The van der Waals surface area contributed by atoms with Gasteiger partial charge in [-0.1, -0.05) is 30.3 Å². The fraction of sp³-hybridized carbons (Fsp3) is 0.111. The maximum absolute atomic E-state index is 12.2. The minimum atomic E-state index is -1.26. The smallest absolute Gasteiger partial charge is 0.352 e. The Hall–Kier alpha value is -3.28. The van der Waals surface area contributed by atoms with Gasteiger partial charge in [0, 0.05) is 11.1 Å². The van der Waals surface area contributed by atoms with Gasteiger partial charge in [-0.15, -0.1) is 0 Å². The SMILES string of the molecule is COc1cccc(/C=C(/NC(=O)c2ccccc2)C(=O)O)c1OC. The minimum absolute atomic E-state index is 0.268. The van der Waals surface area contributed by atoms with E-state index in [1.165, 1.54) is 20.3 Å². The number of hydrogen-bond acceptors (Lipinski definition) is 4. The molecule has 0 fully saturated rings. The summed E-state index contributed by atoms with van der Waals surface area (Å²) in [5.74, 6) is -0.923. The second-order valence-electron chi connectivity index (χ2n) is 4.77. The van der Waals surface area contributed by atoms with Crippen molar-refractivity contribution in [2.45, 2.75) is 0 Å². The Morgan fingerprint density at radius 3 is 2.29 bits per heavy atom. The van der Waals surface area contributed by atoms with Crippen molar-refractivity contribution in [2.24, 2.45) is 0 Å². The second-order valence-corrected chi connectivity index (χ2v) is 4.77. The minimum Gasteiger partial charge on any atom is -0.493 e. The summed E-state index contributed by atoms with van der Waals surface area (Å²) < 4.78 is 10.4. The van der Waals surface area contributed by atoms with Crippen LogP contribution in [0.2, 0.25) is 0 Å². The number of para-hydroxylation sites is 1. The molecule has 6 heteroatoms. The lowest BCUT2D eigenvalue weighted by atomic mass is 10.1. The monoisotopic (exact) mass is 327 g/mol. The van der Waals surface area contributed by atoms with Gasteiger partial charge in [-0.25, -0.2) is 4.79 Å².